The fraction of sp³-hybridized carbons (Fsp3) is 0.412. The molecule has 1 aromatic rings. The van der Waals surface area contributed by atoms with Crippen LogP contribution in [0.4, 0.5) is 0 Å². The molecule has 9 heteroatoms. The highest BCUT2D eigenvalue weighted by molar-refractivity contribution is 8.16. The van der Waals surface area contributed by atoms with E-state index in [9.17, 15) is 19.2 Å². The molecule has 142 valence electrons. The second-order valence-corrected chi connectivity index (χ2v) is 7.61. The smallest absolute Gasteiger partial charge is 0.308 e. The van der Waals surface area contributed by atoms with Gasteiger partial charge in [-0.15, -0.1) is 0 Å². The summed E-state index contributed by atoms with van der Waals surface area (Å²) in [5, 5.41) is 2.30. The molecule has 0 unspecified atom stereocenters. The molecule has 0 radical (unpaired) electrons. The van der Waals surface area contributed by atoms with E-state index in [1.807, 2.05) is 0 Å². The topological polar surface area (TPSA) is 98.8 Å². The molecule has 26 heavy (non-hydrogen) atoms. The van der Waals surface area contributed by atoms with Crippen molar-refractivity contribution >= 4 is 45.6 Å². The molecule has 0 bridgehead atoms. The first kappa shape index (κ1) is 22.0. The Labute approximate surface area is 160 Å². The van der Waals surface area contributed by atoms with Gasteiger partial charge in [0.15, 0.2) is 21.7 Å². The number of benzene rings is 1. The van der Waals surface area contributed by atoms with Gasteiger partial charge in [0.1, 0.15) is 0 Å². The normalized spacial score (nSPS) is 10.2. The van der Waals surface area contributed by atoms with Crippen molar-refractivity contribution in [2.24, 2.45) is 0 Å². The van der Waals surface area contributed by atoms with Gasteiger partial charge in [-0.3, -0.25) is 19.2 Å². The molecule has 0 aliphatic heterocycles. The second kappa shape index (κ2) is 10.2. The number of ether oxygens (including phenoxy) is 2. The van der Waals surface area contributed by atoms with Gasteiger partial charge < -0.3 is 14.8 Å². The predicted molar refractivity (Wildman–Crippen MR) is 99.8 cm³/mol. The van der Waals surface area contributed by atoms with Gasteiger partial charge in [0.25, 0.3) is 0 Å². The Morgan fingerprint density at radius 1 is 1.00 bits per heavy atom. The maximum Gasteiger partial charge on any atom is 0.308 e. The van der Waals surface area contributed by atoms with Crippen LogP contribution in [0.5, 0.6) is 11.5 Å². The Hall–Kier alpha value is -2.00. The van der Waals surface area contributed by atoms with Crippen LogP contribution in [0.1, 0.15) is 33.3 Å². The minimum Gasteiger partial charge on any atom is -0.492 e. The van der Waals surface area contributed by atoms with Crippen LogP contribution < -0.4 is 14.8 Å². The molecule has 1 rings (SSSR count). The molecular formula is C17H21NO6S2. The maximum atomic E-state index is 11.7. The minimum atomic E-state index is -0.540. The summed E-state index contributed by atoms with van der Waals surface area (Å²) < 4.78 is 10.6. The van der Waals surface area contributed by atoms with Crippen LogP contribution in [-0.2, 0) is 25.6 Å². The van der Waals surface area contributed by atoms with Crippen LogP contribution in [0.3, 0.4) is 0 Å². The summed E-state index contributed by atoms with van der Waals surface area (Å²) in [6.45, 7) is 5.79. The fourth-order valence-corrected chi connectivity index (χ4v) is 3.93. The molecule has 0 aromatic heterocycles. The predicted octanol–water partition coefficient (Wildman–Crippen LogP) is 2.58. The Morgan fingerprint density at radius 2 is 1.58 bits per heavy atom. The molecule has 0 saturated heterocycles. The molecule has 0 aliphatic rings. The van der Waals surface area contributed by atoms with Gasteiger partial charge in [-0.1, -0.05) is 11.8 Å². The molecule has 7 nitrogen and oxygen atoms in total. The lowest BCUT2D eigenvalue weighted by molar-refractivity contribution is -0.132. The standard InChI is InChI=1S/C17H21NO6S2/c1-9(19)18-7-6-13-8-14(24-10(2)20)15(23-5)17(26-12(4)22)16(13)25-11(3)21/h8H,6-7H2,1-5H3,(H,18,19). The van der Waals surface area contributed by atoms with Crippen LogP contribution in [0.2, 0.25) is 0 Å². The summed E-state index contributed by atoms with van der Waals surface area (Å²) in [6.07, 6.45) is 0.388. The number of nitrogens with one attached hydrogen (secondary N) is 1. The number of carbonyl (C=O) groups excluding carboxylic acids is 4. The molecule has 0 aliphatic carbocycles. The van der Waals surface area contributed by atoms with E-state index in [0.717, 1.165) is 23.5 Å². The van der Waals surface area contributed by atoms with E-state index >= 15 is 0 Å². The summed E-state index contributed by atoms with van der Waals surface area (Å²) in [5.74, 6) is -0.346. The summed E-state index contributed by atoms with van der Waals surface area (Å²) in [5.41, 5.74) is 0.666. The molecule has 1 aromatic carbocycles. The number of rotatable bonds is 7. The minimum absolute atomic E-state index is 0.162. The number of hydrogen-bond donors (Lipinski definition) is 1. The van der Waals surface area contributed by atoms with Gasteiger partial charge >= 0.3 is 5.97 Å². The lowest BCUT2D eigenvalue weighted by atomic mass is 10.1. The zero-order valence-electron chi connectivity index (χ0n) is 15.3. The van der Waals surface area contributed by atoms with Crippen LogP contribution in [0.25, 0.3) is 0 Å². The number of thioether (sulfide) groups is 2. The van der Waals surface area contributed by atoms with E-state index in [1.54, 1.807) is 6.07 Å². The second-order valence-electron chi connectivity index (χ2n) is 5.24. The molecule has 1 amide bonds. The van der Waals surface area contributed by atoms with Gasteiger partial charge in [-0.05, 0) is 29.8 Å². The van der Waals surface area contributed by atoms with Crippen molar-refractivity contribution in [3.63, 3.8) is 0 Å². The van der Waals surface area contributed by atoms with Crippen molar-refractivity contribution in [1.82, 2.24) is 5.32 Å². The van der Waals surface area contributed by atoms with E-state index < -0.39 is 5.97 Å². The van der Waals surface area contributed by atoms with Gasteiger partial charge in [-0.2, -0.15) is 0 Å². The van der Waals surface area contributed by atoms with Crippen molar-refractivity contribution in [2.45, 2.75) is 43.9 Å². The third-order valence-electron chi connectivity index (χ3n) is 2.95. The molecule has 0 heterocycles. The van der Waals surface area contributed by atoms with Crippen molar-refractivity contribution in [1.29, 1.82) is 0 Å². The van der Waals surface area contributed by atoms with Crippen molar-refractivity contribution < 1.29 is 28.7 Å². The Balaban J connectivity index is 3.54. The monoisotopic (exact) mass is 399 g/mol. The number of carbonyl (C=O) groups is 4. The van der Waals surface area contributed by atoms with Crippen molar-refractivity contribution in [2.75, 3.05) is 13.7 Å². The van der Waals surface area contributed by atoms with Gasteiger partial charge in [0, 0.05) is 39.1 Å². The zero-order chi connectivity index (χ0) is 19.9. The molecular weight excluding hydrogens is 378 g/mol. The van der Waals surface area contributed by atoms with Crippen LogP contribution in [0, 0.1) is 0 Å². The van der Waals surface area contributed by atoms with E-state index in [2.05, 4.69) is 5.32 Å². The Bertz CT molecular complexity index is 732. The van der Waals surface area contributed by atoms with Crippen molar-refractivity contribution in [3.05, 3.63) is 11.6 Å². The van der Waals surface area contributed by atoms with E-state index in [-0.39, 0.29) is 27.6 Å². The van der Waals surface area contributed by atoms with E-state index in [0.29, 0.717) is 28.3 Å². The van der Waals surface area contributed by atoms with Crippen molar-refractivity contribution in [3.8, 4) is 11.5 Å². The molecule has 1 N–H and O–H groups in total. The van der Waals surface area contributed by atoms with Gasteiger partial charge in [0.2, 0.25) is 5.91 Å². The third kappa shape index (κ3) is 6.72. The number of amides is 1. The number of hydrogen-bond acceptors (Lipinski definition) is 8. The zero-order valence-corrected chi connectivity index (χ0v) is 16.9. The maximum absolute atomic E-state index is 11.7. The number of esters is 1. The average Bonchev–Trinajstić information content (AvgIpc) is 2.49. The highest BCUT2D eigenvalue weighted by atomic mass is 32.2. The van der Waals surface area contributed by atoms with Crippen LogP contribution in [-0.4, -0.2) is 35.8 Å². The Morgan fingerprint density at radius 3 is 2.04 bits per heavy atom. The average molecular weight is 399 g/mol. The highest BCUT2D eigenvalue weighted by Gasteiger charge is 2.24. The summed E-state index contributed by atoms with van der Waals surface area (Å²) in [7, 11) is 1.39. The summed E-state index contributed by atoms with van der Waals surface area (Å²) in [6, 6.07) is 1.59. The van der Waals surface area contributed by atoms with E-state index in [4.69, 9.17) is 9.47 Å². The number of methoxy groups -OCH3 is 1. The first-order chi connectivity index (χ1) is 12.1. The lowest BCUT2D eigenvalue weighted by Gasteiger charge is -2.19. The largest absolute Gasteiger partial charge is 0.492 e. The van der Waals surface area contributed by atoms with Crippen LogP contribution in [0.15, 0.2) is 15.9 Å². The lowest BCUT2D eigenvalue weighted by Crippen LogP contribution is -2.22. The first-order valence-electron chi connectivity index (χ1n) is 7.69. The molecule has 0 spiro atoms. The van der Waals surface area contributed by atoms with Crippen LogP contribution >= 0.6 is 23.5 Å². The highest BCUT2D eigenvalue weighted by Crippen LogP contribution is 2.46. The summed E-state index contributed by atoms with van der Waals surface area (Å²) in [4.78, 5) is 46.9. The van der Waals surface area contributed by atoms with Gasteiger partial charge in [0.05, 0.1) is 12.0 Å². The Kier molecular flexibility index (Phi) is 8.67. The molecule has 0 fully saturated rings. The molecule has 0 saturated carbocycles. The van der Waals surface area contributed by atoms with Gasteiger partial charge in [-0.25, -0.2) is 0 Å². The fourth-order valence-electron chi connectivity index (χ4n) is 2.13. The van der Waals surface area contributed by atoms with E-state index in [1.165, 1.54) is 34.8 Å². The summed E-state index contributed by atoms with van der Waals surface area (Å²) >= 11 is 1.86. The molecule has 0 atom stereocenters. The third-order valence-corrected chi connectivity index (χ3v) is 4.92. The first-order valence-corrected chi connectivity index (χ1v) is 9.32. The SMILES string of the molecule is COc1c(OC(C)=O)cc(CCNC(C)=O)c(SC(C)=O)c1SC(C)=O. The quantitative estimate of drug-likeness (QED) is 0.424.